The Morgan fingerprint density at radius 2 is 2.11 bits per heavy atom. The standard InChI is InChI=1S/C17H31N5O4S2/c1-3-18-16(19-6-7-21-28(24,25)15-5-4-12-27-15)20-13-17(2,23)14-22-8-10-26-11-9-22/h4-5,12,21,23H,3,6-11,13-14H2,1-2H3,(H2,18,19,20). The molecule has 1 saturated heterocycles. The molecule has 0 saturated carbocycles. The van der Waals surface area contributed by atoms with Gasteiger partial charge in [0, 0.05) is 39.3 Å². The van der Waals surface area contributed by atoms with Crippen molar-refractivity contribution in [2.45, 2.75) is 23.7 Å². The van der Waals surface area contributed by atoms with E-state index in [0.717, 1.165) is 13.1 Å². The monoisotopic (exact) mass is 433 g/mol. The van der Waals surface area contributed by atoms with E-state index in [2.05, 4.69) is 25.2 Å². The van der Waals surface area contributed by atoms with E-state index in [-0.39, 0.29) is 13.1 Å². The topological polar surface area (TPSA) is 115 Å². The normalized spacial score (nSPS) is 18.6. The number of hydrogen-bond donors (Lipinski definition) is 4. The van der Waals surface area contributed by atoms with Gasteiger partial charge in [0.2, 0.25) is 10.0 Å². The van der Waals surface area contributed by atoms with Gasteiger partial charge in [-0.15, -0.1) is 11.3 Å². The van der Waals surface area contributed by atoms with Crippen molar-refractivity contribution in [2.75, 3.05) is 59.0 Å². The van der Waals surface area contributed by atoms with Gasteiger partial charge in [-0.2, -0.15) is 0 Å². The molecule has 1 aromatic heterocycles. The van der Waals surface area contributed by atoms with Crippen molar-refractivity contribution in [3.63, 3.8) is 0 Å². The highest BCUT2D eigenvalue weighted by Crippen LogP contribution is 2.14. The van der Waals surface area contributed by atoms with E-state index in [1.54, 1.807) is 24.4 Å². The molecule has 1 aromatic rings. The van der Waals surface area contributed by atoms with Crippen LogP contribution >= 0.6 is 11.3 Å². The van der Waals surface area contributed by atoms with E-state index in [9.17, 15) is 13.5 Å². The smallest absolute Gasteiger partial charge is 0.250 e. The molecule has 0 aromatic carbocycles. The summed E-state index contributed by atoms with van der Waals surface area (Å²) in [7, 11) is -3.47. The van der Waals surface area contributed by atoms with Crippen LogP contribution in [0.15, 0.2) is 26.7 Å². The van der Waals surface area contributed by atoms with E-state index >= 15 is 0 Å². The second-order valence-electron chi connectivity index (χ2n) is 6.84. The van der Waals surface area contributed by atoms with Gasteiger partial charge in [0.1, 0.15) is 4.21 Å². The lowest BCUT2D eigenvalue weighted by Gasteiger charge is -2.33. The van der Waals surface area contributed by atoms with Crippen molar-refractivity contribution in [3.05, 3.63) is 17.5 Å². The third-order valence-corrected chi connectivity index (χ3v) is 6.92. The zero-order valence-electron chi connectivity index (χ0n) is 16.5. The van der Waals surface area contributed by atoms with Gasteiger partial charge in [-0.25, -0.2) is 13.1 Å². The first-order valence-corrected chi connectivity index (χ1v) is 11.8. The number of hydrogen-bond acceptors (Lipinski definition) is 7. The lowest BCUT2D eigenvalue weighted by molar-refractivity contribution is -0.0179. The molecule has 0 aliphatic carbocycles. The number of guanidine groups is 1. The number of ether oxygens (including phenoxy) is 1. The first-order valence-electron chi connectivity index (χ1n) is 9.40. The fraction of sp³-hybridized carbons (Fsp3) is 0.706. The van der Waals surface area contributed by atoms with Gasteiger partial charge in [0.05, 0.1) is 25.4 Å². The van der Waals surface area contributed by atoms with Gasteiger partial charge in [-0.1, -0.05) is 6.07 Å². The van der Waals surface area contributed by atoms with Crippen LogP contribution in [0.3, 0.4) is 0 Å². The quantitative estimate of drug-likeness (QED) is 0.227. The Bertz CT molecular complexity index is 701. The van der Waals surface area contributed by atoms with Crippen LogP contribution in [0.4, 0.5) is 0 Å². The van der Waals surface area contributed by atoms with Gasteiger partial charge in [-0.05, 0) is 25.3 Å². The summed E-state index contributed by atoms with van der Waals surface area (Å²) in [5.74, 6) is 0.542. The molecule has 1 unspecified atom stereocenters. The number of rotatable bonds is 10. The van der Waals surface area contributed by atoms with E-state index in [4.69, 9.17) is 4.74 Å². The molecule has 11 heteroatoms. The molecule has 1 fully saturated rings. The summed E-state index contributed by atoms with van der Waals surface area (Å²) in [6.07, 6.45) is 0. The zero-order chi connectivity index (χ0) is 20.5. The Morgan fingerprint density at radius 3 is 2.75 bits per heavy atom. The van der Waals surface area contributed by atoms with Crippen LogP contribution < -0.4 is 15.4 Å². The van der Waals surface area contributed by atoms with Gasteiger partial charge >= 0.3 is 0 Å². The average Bonchev–Trinajstić information content (AvgIpc) is 3.19. The average molecular weight is 434 g/mol. The Morgan fingerprint density at radius 1 is 1.36 bits per heavy atom. The molecule has 9 nitrogen and oxygen atoms in total. The Kier molecular flexibility index (Phi) is 9.12. The highest BCUT2D eigenvalue weighted by atomic mass is 32.2. The van der Waals surface area contributed by atoms with Crippen molar-refractivity contribution in [2.24, 2.45) is 4.99 Å². The molecular formula is C17H31N5O4S2. The minimum absolute atomic E-state index is 0.231. The number of morpholine rings is 1. The van der Waals surface area contributed by atoms with Crippen LogP contribution in [-0.4, -0.2) is 89.0 Å². The van der Waals surface area contributed by atoms with Crippen LogP contribution in [0.1, 0.15) is 13.8 Å². The highest BCUT2D eigenvalue weighted by Gasteiger charge is 2.25. The molecule has 2 rings (SSSR count). The number of nitrogens with zero attached hydrogens (tertiary/aromatic N) is 2. The largest absolute Gasteiger partial charge is 0.387 e. The fourth-order valence-corrected chi connectivity index (χ4v) is 4.81. The summed E-state index contributed by atoms with van der Waals surface area (Å²) in [4.78, 5) is 6.61. The zero-order valence-corrected chi connectivity index (χ0v) is 18.1. The van der Waals surface area contributed by atoms with E-state index in [1.165, 1.54) is 11.3 Å². The second-order valence-corrected chi connectivity index (χ2v) is 9.78. The molecule has 0 spiro atoms. The van der Waals surface area contributed by atoms with Crippen LogP contribution in [0, 0.1) is 0 Å². The van der Waals surface area contributed by atoms with E-state index in [0.29, 0.717) is 43.0 Å². The summed E-state index contributed by atoms with van der Waals surface area (Å²) in [6.45, 7) is 8.74. The molecule has 2 heterocycles. The molecule has 1 atom stereocenters. The minimum Gasteiger partial charge on any atom is -0.387 e. The molecule has 1 aliphatic heterocycles. The van der Waals surface area contributed by atoms with Crippen LogP contribution in [0.2, 0.25) is 0 Å². The Balaban J connectivity index is 1.79. The number of β-amino-alcohol motifs (C(OH)–C–C–N with tert-alkyl or cyclic N) is 1. The fourth-order valence-electron chi connectivity index (χ4n) is 2.74. The van der Waals surface area contributed by atoms with Gasteiger partial charge in [0.15, 0.2) is 5.96 Å². The first-order chi connectivity index (χ1) is 13.3. The summed E-state index contributed by atoms with van der Waals surface area (Å²) in [5.41, 5.74) is -0.958. The van der Waals surface area contributed by atoms with Crippen molar-refractivity contribution >= 4 is 27.3 Å². The maximum atomic E-state index is 12.1. The van der Waals surface area contributed by atoms with Gasteiger partial charge in [-0.3, -0.25) is 9.89 Å². The number of sulfonamides is 1. The molecular weight excluding hydrogens is 402 g/mol. The third-order valence-electron chi connectivity index (χ3n) is 4.06. The predicted octanol–water partition coefficient (Wildman–Crippen LogP) is -0.335. The molecule has 4 N–H and O–H groups in total. The maximum absolute atomic E-state index is 12.1. The summed E-state index contributed by atoms with van der Waals surface area (Å²) in [5, 5.41) is 18.5. The number of nitrogens with one attached hydrogen (secondary N) is 3. The third kappa shape index (κ3) is 8.02. The first kappa shape index (κ1) is 23.0. The number of thiophene rings is 1. The number of aliphatic hydroxyl groups is 1. The minimum atomic E-state index is -3.47. The SMILES string of the molecule is CCNC(=NCC(C)(O)CN1CCOCC1)NCCNS(=O)(=O)c1cccs1. The molecule has 160 valence electrons. The van der Waals surface area contributed by atoms with E-state index in [1.807, 2.05) is 6.92 Å². The summed E-state index contributed by atoms with van der Waals surface area (Å²) >= 11 is 1.18. The van der Waals surface area contributed by atoms with Crippen LogP contribution in [0.5, 0.6) is 0 Å². The summed E-state index contributed by atoms with van der Waals surface area (Å²) < 4.78 is 32.4. The molecule has 0 bridgehead atoms. The van der Waals surface area contributed by atoms with Crippen LogP contribution in [0.25, 0.3) is 0 Å². The molecule has 0 radical (unpaired) electrons. The van der Waals surface area contributed by atoms with E-state index < -0.39 is 15.6 Å². The Labute approximate surface area is 171 Å². The van der Waals surface area contributed by atoms with Crippen molar-refractivity contribution < 1.29 is 18.3 Å². The molecule has 1 aliphatic rings. The van der Waals surface area contributed by atoms with Crippen molar-refractivity contribution in [3.8, 4) is 0 Å². The lowest BCUT2D eigenvalue weighted by Crippen LogP contribution is -2.48. The van der Waals surface area contributed by atoms with Crippen LogP contribution in [-0.2, 0) is 14.8 Å². The lowest BCUT2D eigenvalue weighted by atomic mass is 10.1. The van der Waals surface area contributed by atoms with Crippen molar-refractivity contribution in [1.82, 2.24) is 20.3 Å². The highest BCUT2D eigenvalue weighted by molar-refractivity contribution is 7.91. The van der Waals surface area contributed by atoms with Crippen molar-refractivity contribution in [1.29, 1.82) is 0 Å². The van der Waals surface area contributed by atoms with Gasteiger partial charge in [0.25, 0.3) is 0 Å². The summed E-state index contributed by atoms with van der Waals surface area (Å²) in [6, 6.07) is 3.28. The predicted molar refractivity (Wildman–Crippen MR) is 111 cm³/mol. The van der Waals surface area contributed by atoms with Gasteiger partial charge < -0.3 is 20.5 Å². The second kappa shape index (κ2) is 11.1. The maximum Gasteiger partial charge on any atom is 0.250 e. The number of aliphatic imine (C=N–C) groups is 1. The molecule has 0 amide bonds. The molecule has 28 heavy (non-hydrogen) atoms. The Hall–Kier alpha value is -1.24.